The van der Waals surface area contributed by atoms with Gasteiger partial charge in [0.05, 0.1) is 0 Å². The number of hydrogen-bond acceptors (Lipinski definition) is 2. The first kappa shape index (κ1) is 12.6. The van der Waals surface area contributed by atoms with Crippen LogP contribution in [0.25, 0.3) is 0 Å². The van der Waals surface area contributed by atoms with Gasteiger partial charge in [-0.25, -0.2) is 4.79 Å². The maximum absolute atomic E-state index is 11.1. The zero-order valence-electron chi connectivity index (χ0n) is 8.52. The summed E-state index contributed by atoms with van der Waals surface area (Å²) in [7, 11) is 0. The molecule has 0 unspecified atom stereocenters. The molecule has 0 atom stereocenters. The van der Waals surface area contributed by atoms with E-state index in [0.29, 0.717) is 12.4 Å². The van der Waals surface area contributed by atoms with E-state index in [1.54, 1.807) is 0 Å². The number of halogens is 1. The number of alkyl halides is 1. The van der Waals surface area contributed by atoms with Crippen LogP contribution in [0, 0.1) is 0 Å². The molecule has 0 saturated heterocycles. The lowest BCUT2D eigenvalue weighted by Crippen LogP contribution is -2.34. The van der Waals surface area contributed by atoms with E-state index in [4.69, 9.17) is 16.3 Å². The van der Waals surface area contributed by atoms with Crippen molar-refractivity contribution in [1.29, 1.82) is 0 Å². The lowest BCUT2D eigenvalue weighted by Gasteiger charge is -2.23. The summed E-state index contributed by atoms with van der Waals surface area (Å²) in [5.74, 6) is 0.553. The van der Waals surface area contributed by atoms with Crippen LogP contribution in [0.5, 0.6) is 0 Å². The molecule has 0 aromatic carbocycles. The van der Waals surface area contributed by atoms with E-state index in [-0.39, 0.29) is 11.7 Å². The summed E-state index contributed by atoms with van der Waals surface area (Å²) in [5.41, 5.74) is -0.384. The lowest BCUT2D eigenvalue weighted by atomic mass is 10.1. The van der Waals surface area contributed by atoms with Gasteiger partial charge in [-0.3, -0.25) is 0 Å². The van der Waals surface area contributed by atoms with E-state index in [1.807, 2.05) is 20.8 Å². The Kier molecular flexibility index (Phi) is 5.88. The monoisotopic (exact) mass is 207 g/mol. The van der Waals surface area contributed by atoms with Crippen LogP contribution in [0.2, 0.25) is 0 Å². The third-order valence-electron chi connectivity index (χ3n) is 1.80. The molecule has 0 bridgehead atoms. The molecule has 0 rings (SSSR count). The van der Waals surface area contributed by atoms with Crippen molar-refractivity contribution in [2.75, 3.05) is 12.4 Å². The Morgan fingerprint density at radius 2 is 2.15 bits per heavy atom. The Bertz CT molecular complexity index is 160. The molecule has 0 aromatic rings. The van der Waals surface area contributed by atoms with Gasteiger partial charge in [0, 0.05) is 12.4 Å². The third-order valence-corrected chi connectivity index (χ3v) is 2.07. The van der Waals surface area contributed by atoms with Crippen LogP contribution in [0.15, 0.2) is 0 Å². The summed E-state index contributed by atoms with van der Waals surface area (Å²) in [6.45, 7) is 6.32. The molecular formula is C9H18ClNO2. The normalized spacial score (nSPS) is 11.1. The maximum Gasteiger partial charge on any atom is 0.407 e. The molecule has 0 radical (unpaired) electrons. The van der Waals surface area contributed by atoms with Crippen molar-refractivity contribution >= 4 is 17.7 Å². The summed E-state index contributed by atoms with van der Waals surface area (Å²) in [4.78, 5) is 11.1. The van der Waals surface area contributed by atoms with Crippen LogP contribution >= 0.6 is 11.6 Å². The van der Waals surface area contributed by atoms with E-state index >= 15 is 0 Å². The molecule has 1 N–H and O–H groups in total. The van der Waals surface area contributed by atoms with Crippen molar-refractivity contribution in [1.82, 2.24) is 5.32 Å². The number of hydrogen-bond donors (Lipinski definition) is 1. The van der Waals surface area contributed by atoms with E-state index in [1.165, 1.54) is 0 Å². The number of ether oxygens (including phenoxy) is 1. The largest absolute Gasteiger partial charge is 0.444 e. The molecule has 4 heteroatoms. The predicted octanol–water partition coefficient (Wildman–Crippen LogP) is 2.53. The molecule has 0 aliphatic heterocycles. The smallest absolute Gasteiger partial charge is 0.407 e. The first-order valence-electron chi connectivity index (χ1n) is 4.54. The molecule has 0 saturated carbocycles. The number of alkyl carbamates (subject to hydrolysis) is 1. The highest BCUT2D eigenvalue weighted by molar-refractivity contribution is 6.17. The van der Waals surface area contributed by atoms with Crippen molar-refractivity contribution in [3.8, 4) is 0 Å². The van der Waals surface area contributed by atoms with Gasteiger partial charge in [0.15, 0.2) is 0 Å². The van der Waals surface area contributed by atoms with Crippen molar-refractivity contribution in [2.45, 2.75) is 39.2 Å². The highest BCUT2D eigenvalue weighted by Crippen LogP contribution is 2.13. The summed E-state index contributed by atoms with van der Waals surface area (Å²) >= 11 is 5.45. The number of amides is 1. The molecule has 0 aliphatic rings. The maximum atomic E-state index is 11.1. The number of nitrogens with one attached hydrogen (secondary N) is 1. The number of carbonyl (C=O) groups excluding carboxylic acids is 1. The van der Waals surface area contributed by atoms with Gasteiger partial charge in [0.25, 0.3) is 0 Å². The van der Waals surface area contributed by atoms with Gasteiger partial charge in [-0.2, -0.15) is 0 Å². The van der Waals surface area contributed by atoms with Gasteiger partial charge in [-0.1, -0.05) is 6.92 Å². The van der Waals surface area contributed by atoms with E-state index in [0.717, 1.165) is 12.8 Å². The van der Waals surface area contributed by atoms with Crippen molar-refractivity contribution < 1.29 is 9.53 Å². The molecule has 0 heterocycles. The minimum atomic E-state index is -0.384. The van der Waals surface area contributed by atoms with Gasteiger partial charge in [0.1, 0.15) is 5.60 Å². The van der Waals surface area contributed by atoms with Crippen LogP contribution < -0.4 is 5.32 Å². The SMILES string of the molecule is CCC(C)(C)OC(=O)NCCCCl. The van der Waals surface area contributed by atoms with Crippen LogP contribution in [-0.2, 0) is 4.74 Å². The highest BCUT2D eigenvalue weighted by Gasteiger charge is 2.19. The van der Waals surface area contributed by atoms with Crippen LogP contribution in [0.3, 0.4) is 0 Å². The molecule has 0 aromatic heterocycles. The molecule has 0 aliphatic carbocycles. The van der Waals surface area contributed by atoms with Crippen molar-refractivity contribution in [2.24, 2.45) is 0 Å². The molecule has 0 spiro atoms. The lowest BCUT2D eigenvalue weighted by molar-refractivity contribution is 0.0364. The Hall–Kier alpha value is -0.440. The third kappa shape index (κ3) is 6.70. The van der Waals surface area contributed by atoms with Crippen LogP contribution in [0.1, 0.15) is 33.6 Å². The average Bonchev–Trinajstić information content (AvgIpc) is 2.04. The van der Waals surface area contributed by atoms with Crippen LogP contribution in [0.4, 0.5) is 4.79 Å². The highest BCUT2D eigenvalue weighted by atomic mass is 35.5. The van der Waals surface area contributed by atoms with Gasteiger partial charge in [-0.15, -0.1) is 11.6 Å². The molecule has 78 valence electrons. The summed E-state index contributed by atoms with van der Waals surface area (Å²) in [6.07, 6.45) is 1.20. The second-order valence-electron chi connectivity index (χ2n) is 3.47. The molecule has 13 heavy (non-hydrogen) atoms. The Labute approximate surface area is 84.8 Å². The average molecular weight is 208 g/mol. The fourth-order valence-corrected chi connectivity index (χ4v) is 0.750. The Morgan fingerprint density at radius 3 is 2.62 bits per heavy atom. The quantitative estimate of drug-likeness (QED) is 0.556. The van der Waals surface area contributed by atoms with Gasteiger partial charge in [0.2, 0.25) is 0 Å². The minimum absolute atomic E-state index is 0.364. The van der Waals surface area contributed by atoms with Crippen molar-refractivity contribution in [3.63, 3.8) is 0 Å². The molecule has 0 fully saturated rings. The van der Waals surface area contributed by atoms with Crippen molar-refractivity contribution in [3.05, 3.63) is 0 Å². The Balaban J connectivity index is 3.62. The van der Waals surface area contributed by atoms with Gasteiger partial charge >= 0.3 is 6.09 Å². The predicted molar refractivity (Wildman–Crippen MR) is 54.2 cm³/mol. The zero-order valence-corrected chi connectivity index (χ0v) is 9.28. The van der Waals surface area contributed by atoms with Gasteiger partial charge < -0.3 is 10.1 Å². The van der Waals surface area contributed by atoms with E-state index in [9.17, 15) is 4.79 Å². The minimum Gasteiger partial charge on any atom is -0.444 e. The topological polar surface area (TPSA) is 38.3 Å². The second-order valence-corrected chi connectivity index (χ2v) is 3.85. The Morgan fingerprint density at radius 1 is 1.54 bits per heavy atom. The van der Waals surface area contributed by atoms with E-state index in [2.05, 4.69) is 5.32 Å². The standard InChI is InChI=1S/C9H18ClNO2/c1-4-9(2,3)13-8(12)11-7-5-6-10/h4-7H2,1-3H3,(H,11,12). The van der Waals surface area contributed by atoms with Crippen LogP contribution in [-0.4, -0.2) is 24.1 Å². The second kappa shape index (κ2) is 6.08. The summed E-state index contributed by atoms with van der Waals surface area (Å²) < 4.78 is 5.14. The molecular weight excluding hydrogens is 190 g/mol. The van der Waals surface area contributed by atoms with Gasteiger partial charge in [-0.05, 0) is 26.7 Å². The van der Waals surface area contributed by atoms with E-state index < -0.39 is 0 Å². The fraction of sp³-hybridized carbons (Fsp3) is 0.889. The first-order valence-corrected chi connectivity index (χ1v) is 5.08. The number of carbonyl (C=O) groups is 1. The fourth-order valence-electron chi connectivity index (χ4n) is 0.616. The summed E-state index contributed by atoms with van der Waals surface area (Å²) in [5, 5.41) is 2.63. The number of rotatable bonds is 5. The molecule has 1 amide bonds. The summed E-state index contributed by atoms with van der Waals surface area (Å²) in [6, 6.07) is 0. The molecule has 3 nitrogen and oxygen atoms in total. The zero-order chi connectivity index (χ0) is 10.3. The first-order chi connectivity index (χ1) is 6.02.